The molecule has 0 aliphatic carbocycles. The van der Waals surface area contributed by atoms with Gasteiger partial charge in [0.15, 0.2) is 0 Å². The zero-order valence-corrected chi connectivity index (χ0v) is 12.0. The van der Waals surface area contributed by atoms with Crippen molar-refractivity contribution in [3.05, 3.63) is 58.1 Å². The van der Waals surface area contributed by atoms with E-state index >= 15 is 0 Å². The predicted octanol–water partition coefficient (Wildman–Crippen LogP) is 5.21. The molecule has 90 valence electrons. The van der Waals surface area contributed by atoms with Gasteiger partial charge in [-0.05, 0) is 48.7 Å². The van der Waals surface area contributed by atoms with Gasteiger partial charge in [-0.25, -0.2) is 0 Å². The number of halogens is 1. The number of nitrogens with one attached hydrogen (secondary N) is 1. The molecule has 0 bridgehead atoms. The molecule has 0 aliphatic heterocycles. The standard InChI is InChI=1S/C16H14BrN/c1-10-3-4-13-9-15(18-16(13)11(10)2)12-5-7-14(17)8-6-12/h3-9,18H,1-2H3. The number of hydrogen-bond acceptors (Lipinski definition) is 0. The lowest BCUT2D eigenvalue weighted by Gasteiger charge is -2.00. The molecule has 0 aliphatic rings. The first-order valence-electron chi connectivity index (χ1n) is 6.00. The molecule has 1 N–H and O–H groups in total. The highest BCUT2D eigenvalue weighted by Crippen LogP contribution is 2.28. The van der Waals surface area contributed by atoms with Crippen LogP contribution in [-0.4, -0.2) is 4.98 Å². The van der Waals surface area contributed by atoms with Crippen LogP contribution in [0.15, 0.2) is 46.9 Å². The third kappa shape index (κ3) is 1.87. The summed E-state index contributed by atoms with van der Waals surface area (Å²) < 4.78 is 1.11. The quantitative estimate of drug-likeness (QED) is 0.634. The minimum Gasteiger partial charge on any atom is -0.354 e. The van der Waals surface area contributed by atoms with E-state index < -0.39 is 0 Å². The second-order valence-corrected chi connectivity index (χ2v) is 5.58. The molecule has 0 fully saturated rings. The first kappa shape index (κ1) is 11.5. The Bertz CT molecular complexity index is 708. The van der Waals surface area contributed by atoms with Crippen LogP contribution in [0.5, 0.6) is 0 Å². The third-order valence-electron chi connectivity index (χ3n) is 3.48. The second-order valence-electron chi connectivity index (χ2n) is 4.66. The van der Waals surface area contributed by atoms with E-state index in [1.807, 2.05) is 0 Å². The summed E-state index contributed by atoms with van der Waals surface area (Å²) in [4.78, 5) is 3.53. The summed E-state index contributed by atoms with van der Waals surface area (Å²) in [6, 6.07) is 14.9. The van der Waals surface area contributed by atoms with Crippen LogP contribution in [0.1, 0.15) is 11.1 Å². The number of benzene rings is 2. The van der Waals surface area contributed by atoms with Crippen LogP contribution < -0.4 is 0 Å². The molecule has 0 unspecified atom stereocenters. The van der Waals surface area contributed by atoms with Gasteiger partial charge in [-0.1, -0.05) is 40.2 Å². The molecule has 1 nitrogen and oxygen atoms in total. The molecule has 2 heteroatoms. The summed E-state index contributed by atoms with van der Waals surface area (Å²) in [6.07, 6.45) is 0. The van der Waals surface area contributed by atoms with Gasteiger partial charge in [-0.15, -0.1) is 0 Å². The molecule has 2 aromatic carbocycles. The minimum atomic E-state index is 1.11. The predicted molar refractivity (Wildman–Crippen MR) is 80.9 cm³/mol. The smallest absolute Gasteiger partial charge is 0.0491 e. The first-order valence-corrected chi connectivity index (χ1v) is 6.79. The Morgan fingerprint density at radius 1 is 0.944 bits per heavy atom. The molecule has 0 saturated heterocycles. The lowest BCUT2D eigenvalue weighted by atomic mass is 10.1. The summed E-state index contributed by atoms with van der Waals surface area (Å²) in [6.45, 7) is 4.31. The second kappa shape index (κ2) is 4.29. The van der Waals surface area contributed by atoms with Crippen molar-refractivity contribution >= 4 is 26.8 Å². The van der Waals surface area contributed by atoms with Gasteiger partial charge in [-0.2, -0.15) is 0 Å². The van der Waals surface area contributed by atoms with Crippen LogP contribution in [0, 0.1) is 13.8 Å². The Balaban J connectivity index is 2.19. The fourth-order valence-electron chi connectivity index (χ4n) is 2.23. The zero-order valence-electron chi connectivity index (χ0n) is 10.4. The summed E-state index contributed by atoms with van der Waals surface area (Å²) in [5, 5.41) is 1.27. The maximum absolute atomic E-state index is 3.53. The van der Waals surface area contributed by atoms with Crippen LogP contribution in [0.25, 0.3) is 22.2 Å². The highest BCUT2D eigenvalue weighted by atomic mass is 79.9. The van der Waals surface area contributed by atoms with Gasteiger partial charge in [0.1, 0.15) is 0 Å². The molecule has 3 rings (SSSR count). The van der Waals surface area contributed by atoms with E-state index in [2.05, 4.69) is 77.2 Å². The normalized spacial score (nSPS) is 11.1. The van der Waals surface area contributed by atoms with E-state index in [9.17, 15) is 0 Å². The van der Waals surface area contributed by atoms with E-state index in [4.69, 9.17) is 0 Å². The van der Waals surface area contributed by atoms with E-state index in [-0.39, 0.29) is 0 Å². The van der Waals surface area contributed by atoms with Gasteiger partial charge in [-0.3, -0.25) is 0 Å². The maximum Gasteiger partial charge on any atom is 0.0491 e. The van der Waals surface area contributed by atoms with Crippen molar-refractivity contribution in [2.75, 3.05) is 0 Å². The van der Waals surface area contributed by atoms with Crippen LogP contribution in [-0.2, 0) is 0 Å². The molecule has 1 heterocycles. The Labute approximate surface area is 115 Å². The summed E-state index contributed by atoms with van der Waals surface area (Å²) in [5.41, 5.74) is 6.29. The Kier molecular flexibility index (Phi) is 2.75. The van der Waals surface area contributed by atoms with Crippen LogP contribution in [0.3, 0.4) is 0 Å². The van der Waals surface area contributed by atoms with Gasteiger partial charge in [0.05, 0.1) is 0 Å². The van der Waals surface area contributed by atoms with E-state index in [0.717, 1.165) is 4.47 Å². The number of aromatic nitrogens is 1. The molecule has 0 radical (unpaired) electrons. The number of hydrogen-bond donors (Lipinski definition) is 1. The van der Waals surface area contributed by atoms with Crippen molar-refractivity contribution < 1.29 is 0 Å². The number of H-pyrrole nitrogens is 1. The lowest BCUT2D eigenvalue weighted by molar-refractivity contribution is 1.34. The Hall–Kier alpha value is -1.54. The van der Waals surface area contributed by atoms with Gasteiger partial charge in [0.2, 0.25) is 0 Å². The van der Waals surface area contributed by atoms with Crippen molar-refractivity contribution in [2.45, 2.75) is 13.8 Å². The minimum absolute atomic E-state index is 1.11. The Morgan fingerprint density at radius 3 is 2.39 bits per heavy atom. The van der Waals surface area contributed by atoms with Crippen molar-refractivity contribution in [3.63, 3.8) is 0 Å². The molecule has 1 aromatic heterocycles. The lowest BCUT2D eigenvalue weighted by Crippen LogP contribution is -1.82. The average Bonchev–Trinajstić information content (AvgIpc) is 2.80. The van der Waals surface area contributed by atoms with E-state index in [1.165, 1.54) is 33.3 Å². The molecule has 18 heavy (non-hydrogen) atoms. The number of fused-ring (bicyclic) bond motifs is 1. The maximum atomic E-state index is 3.53. The van der Waals surface area contributed by atoms with Gasteiger partial charge in [0.25, 0.3) is 0 Å². The first-order chi connectivity index (χ1) is 8.65. The fourth-order valence-corrected chi connectivity index (χ4v) is 2.50. The summed E-state index contributed by atoms with van der Waals surface area (Å²) in [7, 11) is 0. The zero-order chi connectivity index (χ0) is 12.7. The van der Waals surface area contributed by atoms with Gasteiger partial charge >= 0.3 is 0 Å². The number of aromatic amines is 1. The van der Waals surface area contributed by atoms with Crippen molar-refractivity contribution in [1.82, 2.24) is 4.98 Å². The van der Waals surface area contributed by atoms with Crippen LogP contribution in [0.2, 0.25) is 0 Å². The molecule has 0 amide bonds. The Morgan fingerprint density at radius 2 is 1.67 bits per heavy atom. The average molecular weight is 300 g/mol. The molecule has 0 spiro atoms. The molecular formula is C16H14BrN. The third-order valence-corrected chi connectivity index (χ3v) is 4.01. The van der Waals surface area contributed by atoms with Crippen molar-refractivity contribution in [2.24, 2.45) is 0 Å². The largest absolute Gasteiger partial charge is 0.354 e. The molecule has 0 saturated carbocycles. The number of aryl methyl sites for hydroxylation is 2. The van der Waals surface area contributed by atoms with E-state index in [1.54, 1.807) is 0 Å². The molecule has 3 aromatic rings. The van der Waals surface area contributed by atoms with E-state index in [0.29, 0.717) is 0 Å². The SMILES string of the molecule is Cc1ccc2cc(-c3ccc(Br)cc3)[nH]c2c1C. The summed E-state index contributed by atoms with van der Waals surface area (Å²) >= 11 is 3.46. The topological polar surface area (TPSA) is 15.8 Å². The van der Waals surface area contributed by atoms with Gasteiger partial charge in [0, 0.05) is 21.1 Å². The number of rotatable bonds is 1. The highest BCUT2D eigenvalue weighted by Gasteiger charge is 2.06. The van der Waals surface area contributed by atoms with Crippen molar-refractivity contribution in [3.8, 4) is 11.3 Å². The molecular weight excluding hydrogens is 286 g/mol. The van der Waals surface area contributed by atoms with Crippen LogP contribution in [0.4, 0.5) is 0 Å². The highest BCUT2D eigenvalue weighted by molar-refractivity contribution is 9.10. The van der Waals surface area contributed by atoms with Crippen LogP contribution >= 0.6 is 15.9 Å². The van der Waals surface area contributed by atoms with Gasteiger partial charge < -0.3 is 4.98 Å². The van der Waals surface area contributed by atoms with Crippen molar-refractivity contribution in [1.29, 1.82) is 0 Å². The monoisotopic (exact) mass is 299 g/mol. The summed E-state index contributed by atoms with van der Waals surface area (Å²) in [5.74, 6) is 0. The fraction of sp³-hybridized carbons (Fsp3) is 0.125. The molecule has 0 atom stereocenters.